The summed E-state index contributed by atoms with van der Waals surface area (Å²) in [4.78, 5) is 15.1. The molecule has 0 aromatic heterocycles. The molecule has 0 spiro atoms. The van der Waals surface area contributed by atoms with Crippen molar-refractivity contribution in [2.75, 3.05) is 56.3 Å². The number of amides is 1. The van der Waals surface area contributed by atoms with Gasteiger partial charge in [-0.3, -0.25) is 4.79 Å². The molecule has 0 unspecified atom stereocenters. The Labute approximate surface area is 222 Å². The molecule has 4 aromatic carbocycles. The monoisotopic (exact) mass is 519 g/mol. The lowest BCUT2D eigenvalue weighted by molar-refractivity contribution is 0.0789. The van der Waals surface area contributed by atoms with Crippen LogP contribution in [0, 0.1) is 0 Å². The number of fused-ring (bicyclic) bond motifs is 3. The molecule has 0 N–H and O–H groups in total. The summed E-state index contributed by atoms with van der Waals surface area (Å²) in [5.41, 5.74) is 1.41. The predicted octanol–water partition coefficient (Wildman–Crippen LogP) is 5.36. The third-order valence-corrected chi connectivity index (χ3v) is 6.76. The van der Waals surface area contributed by atoms with E-state index in [1.807, 2.05) is 24.3 Å². The van der Waals surface area contributed by atoms with Crippen molar-refractivity contribution in [3.63, 3.8) is 0 Å². The first-order valence-corrected chi connectivity index (χ1v) is 12.1. The fraction of sp³-hybridized carbons (Fsp3) is 0.300. The highest BCUT2D eigenvalue weighted by Crippen LogP contribution is 2.44. The Morgan fingerprint density at radius 3 is 1.87 bits per heavy atom. The number of hydrogen-bond donors (Lipinski definition) is 0. The fourth-order valence-corrected chi connectivity index (χ4v) is 4.79. The van der Waals surface area contributed by atoms with E-state index in [-0.39, 0.29) is 5.91 Å². The second-order valence-electron chi connectivity index (χ2n) is 8.70. The molecule has 0 aliphatic rings. The highest BCUT2D eigenvalue weighted by Gasteiger charge is 2.23. The van der Waals surface area contributed by atoms with Gasteiger partial charge < -0.3 is 33.3 Å². The van der Waals surface area contributed by atoms with Crippen LogP contribution in [0.5, 0.6) is 34.5 Å². The Morgan fingerprint density at radius 1 is 0.684 bits per heavy atom. The van der Waals surface area contributed by atoms with Crippen LogP contribution in [-0.2, 0) is 6.42 Å². The molecule has 0 atom stereocenters. The summed E-state index contributed by atoms with van der Waals surface area (Å²) in [5, 5.41) is 3.82. The normalized spacial score (nSPS) is 10.8. The minimum Gasteiger partial charge on any atom is -0.496 e. The average molecular weight is 520 g/mol. The van der Waals surface area contributed by atoms with Crippen molar-refractivity contribution in [3.05, 3.63) is 59.7 Å². The second kappa shape index (κ2) is 11.4. The van der Waals surface area contributed by atoms with Crippen LogP contribution in [-0.4, -0.2) is 67.1 Å². The van der Waals surface area contributed by atoms with E-state index in [1.54, 1.807) is 58.6 Å². The Balaban J connectivity index is 1.78. The SMILES string of the molecule is COc1cc2ccc3c(CCN(C)C(=O)c4c(OC)cccc4OC)cc(OC)c(OC)c3c2cc1OC. The molecular weight excluding hydrogens is 486 g/mol. The standard InChI is InChI=1S/C30H33NO7/c1-31(30(32)28-22(33-2)9-8-10-23(28)34-3)14-13-19-16-26(37-6)29(38-7)27-20(19)12-11-18-15-24(35-4)25(36-5)17-21(18)27/h8-12,15-17H,13-14H2,1-7H3. The van der Waals surface area contributed by atoms with Crippen LogP contribution in [0.3, 0.4) is 0 Å². The maximum atomic E-state index is 13.4. The number of methoxy groups -OCH3 is 6. The molecule has 0 radical (unpaired) electrons. The molecular formula is C30H33NO7. The zero-order valence-corrected chi connectivity index (χ0v) is 22.8. The molecule has 0 saturated heterocycles. The van der Waals surface area contributed by atoms with Gasteiger partial charge in [-0.15, -0.1) is 0 Å². The quantitative estimate of drug-likeness (QED) is 0.261. The minimum atomic E-state index is -0.189. The first kappa shape index (κ1) is 26.7. The zero-order chi connectivity index (χ0) is 27.4. The lowest BCUT2D eigenvalue weighted by Gasteiger charge is -2.22. The molecule has 8 heteroatoms. The summed E-state index contributed by atoms with van der Waals surface area (Å²) in [6, 6.07) is 15.3. The van der Waals surface area contributed by atoms with Crippen LogP contribution in [0.15, 0.2) is 48.5 Å². The molecule has 8 nitrogen and oxygen atoms in total. The van der Waals surface area contributed by atoms with Gasteiger partial charge in [0.1, 0.15) is 17.1 Å². The summed E-state index contributed by atoms with van der Waals surface area (Å²) < 4.78 is 33.5. The maximum absolute atomic E-state index is 13.4. The van der Waals surface area contributed by atoms with Gasteiger partial charge in [0, 0.05) is 19.0 Å². The van der Waals surface area contributed by atoms with Gasteiger partial charge >= 0.3 is 0 Å². The molecule has 0 bridgehead atoms. The molecule has 0 aliphatic carbocycles. The Bertz CT molecular complexity index is 1460. The predicted molar refractivity (Wildman–Crippen MR) is 148 cm³/mol. The fourth-order valence-electron chi connectivity index (χ4n) is 4.79. The van der Waals surface area contributed by atoms with Crippen molar-refractivity contribution >= 4 is 27.5 Å². The van der Waals surface area contributed by atoms with E-state index in [1.165, 1.54) is 14.2 Å². The number of likely N-dealkylation sites (N-methyl/N-ethyl adjacent to an activating group) is 1. The number of nitrogens with zero attached hydrogens (tertiary/aromatic N) is 1. The van der Waals surface area contributed by atoms with E-state index in [9.17, 15) is 4.79 Å². The van der Waals surface area contributed by atoms with Crippen LogP contribution in [0.4, 0.5) is 0 Å². The lowest BCUT2D eigenvalue weighted by atomic mass is 9.95. The highest BCUT2D eigenvalue weighted by molar-refractivity contribution is 6.13. The van der Waals surface area contributed by atoms with Crippen LogP contribution in [0.1, 0.15) is 15.9 Å². The van der Waals surface area contributed by atoms with Crippen molar-refractivity contribution in [2.24, 2.45) is 0 Å². The number of ether oxygens (including phenoxy) is 6. The van der Waals surface area contributed by atoms with Crippen LogP contribution in [0.25, 0.3) is 21.5 Å². The minimum absolute atomic E-state index is 0.189. The third kappa shape index (κ3) is 4.69. The first-order chi connectivity index (χ1) is 18.4. The molecule has 4 rings (SSSR count). The van der Waals surface area contributed by atoms with Gasteiger partial charge in [-0.25, -0.2) is 0 Å². The van der Waals surface area contributed by atoms with Gasteiger partial charge in [0.15, 0.2) is 23.0 Å². The van der Waals surface area contributed by atoms with Gasteiger partial charge in [0.25, 0.3) is 5.91 Å². The zero-order valence-electron chi connectivity index (χ0n) is 22.8. The number of benzene rings is 4. The average Bonchev–Trinajstić information content (AvgIpc) is 2.97. The summed E-state index contributed by atoms with van der Waals surface area (Å²) in [6.07, 6.45) is 0.579. The van der Waals surface area contributed by atoms with E-state index in [0.29, 0.717) is 53.0 Å². The lowest BCUT2D eigenvalue weighted by Crippen LogP contribution is -2.29. The van der Waals surface area contributed by atoms with Gasteiger partial charge in [0.05, 0.1) is 42.7 Å². The smallest absolute Gasteiger partial charge is 0.261 e. The van der Waals surface area contributed by atoms with Crippen molar-refractivity contribution in [1.29, 1.82) is 0 Å². The van der Waals surface area contributed by atoms with Crippen molar-refractivity contribution < 1.29 is 33.2 Å². The van der Waals surface area contributed by atoms with Crippen molar-refractivity contribution in [1.82, 2.24) is 4.90 Å². The number of carbonyl (C=O) groups excluding carboxylic acids is 1. The Hall–Kier alpha value is -4.33. The summed E-state index contributed by atoms with van der Waals surface area (Å²) in [6.45, 7) is 0.453. The van der Waals surface area contributed by atoms with Crippen LogP contribution in [0.2, 0.25) is 0 Å². The molecule has 0 fully saturated rings. The van der Waals surface area contributed by atoms with Gasteiger partial charge in [0.2, 0.25) is 0 Å². The molecule has 0 saturated carbocycles. The second-order valence-corrected chi connectivity index (χ2v) is 8.70. The number of carbonyl (C=O) groups is 1. The topological polar surface area (TPSA) is 75.7 Å². The molecule has 38 heavy (non-hydrogen) atoms. The van der Waals surface area contributed by atoms with E-state index in [4.69, 9.17) is 28.4 Å². The molecule has 4 aromatic rings. The summed E-state index contributed by atoms with van der Waals surface area (Å²) in [7, 11) is 11.3. The third-order valence-electron chi connectivity index (χ3n) is 6.76. The van der Waals surface area contributed by atoms with Crippen LogP contribution < -0.4 is 28.4 Å². The van der Waals surface area contributed by atoms with Gasteiger partial charge in [-0.2, -0.15) is 0 Å². The Morgan fingerprint density at radius 2 is 1.29 bits per heavy atom. The van der Waals surface area contributed by atoms with Crippen LogP contribution >= 0.6 is 0 Å². The van der Waals surface area contributed by atoms with Gasteiger partial charge in [-0.1, -0.05) is 18.2 Å². The van der Waals surface area contributed by atoms with E-state index in [0.717, 1.165) is 27.1 Å². The molecule has 0 aliphatic heterocycles. The van der Waals surface area contributed by atoms with Gasteiger partial charge in [-0.05, 0) is 58.5 Å². The largest absolute Gasteiger partial charge is 0.496 e. The summed E-state index contributed by atoms with van der Waals surface area (Å²) in [5.74, 6) is 3.25. The van der Waals surface area contributed by atoms with E-state index >= 15 is 0 Å². The Kier molecular flexibility index (Phi) is 8.00. The van der Waals surface area contributed by atoms with Crippen molar-refractivity contribution in [3.8, 4) is 34.5 Å². The molecule has 0 heterocycles. The first-order valence-electron chi connectivity index (χ1n) is 12.1. The number of hydrogen-bond acceptors (Lipinski definition) is 7. The maximum Gasteiger partial charge on any atom is 0.261 e. The summed E-state index contributed by atoms with van der Waals surface area (Å²) >= 11 is 0. The number of rotatable bonds is 10. The van der Waals surface area contributed by atoms with E-state index < -0.39 is 0 Å². The van der Waals surface area contributed by atoms with Crippen molar-refractivity contribution in [2.45, 2.75) is 6.42 Å². The highest BCUT2D eigenvalue weighted by atomic mass is 16.5. The molecule has 1 amide bonds. The molecule has 200 valence electrons. The van der Waals surface area contributed by atoms with E-state index in [2.05, 4.69) is 6.07 Å².